The molecular formula is C23H20F5N3O. The van der Waals surface area contributed by atoms with Crippen molar-refractivity contribution in [3.05, 3.63) is 82.2 Å². The average Bonchev–Trinajstić information content (AvgIpc) is 3.39. The molecule has 32 heavy (non-hydrogen) atoms. The zero-order valence-corrected chi connectivity index (χ0v) is 17.1. The van der Waals surface area contributed by atoms with Gasteiger partial charge in [-0.05, 0) is 61.1 Å². The fourth-order valence-corrected chi connectivity index (χ4v) is 3.87. The molecular weight excluding hydrogens is 429 g/mol. The summed E-state index contributed by atoms with van der Waals surface area (Å²) >= 11 is 0. The summed E-state index contributed by atoms with van der Waals surface area (Å²) in [6.45, 7) is 1.45. The summed E-state index contributed by atoms with van der Waals surface area (Å²) in [5.74, 6) is -3.22. The second-order valence-electron chi connectivity index (χ2n) is 7.85. The maximum absolute atomic E-state index is 13.6. The minimum Gasteiger partial charge on any atom is -0.350 e. The Bertz CT molecular complexity index is 1170. The summed E-state index contributed by atoms with van der Waals surface area (Å²) < 4.78 is 67.3. The van der Waals surface area contributed by atoms with Crippen molar-refractivity contribution in [1.82, 2.24) is 15.1 Å². The van der Waals surface area contributed by atoms with Crippen molar-refractivity contribution >= 4 is 5.91 Å². The zero-order valence-electron chi connectivity index (χ0n) is 17.1. The number of aromatic nitrogens is 2. The van der Waals surface area contributed by atoms with E-state index in [2.05, 4.69) is 10.4 Å². The van der Waals surface area contributed by atoms with Gasteiger partial charge in [-0.25, -0.2) is 13.5 Å². The Morgan fingerprint density at radius 1 is 1.06 bits per heavy atom. The molecule has 0 bridgehead atoms. The van der Waals surface area contributed by atoms with E-state index in [1.807, 2.05) is 18.2 Å². The van der Waals surface area contributed by atoms with Crippen molar-refractivity contribution in [3.8, 4) is 5.69 Å². The molecule has 3 aromatic rings. The molecule has 1 aliphatic carbocycles. The molecule has 1 aliphatic rings. The number of alkyl halides is 3. The van der Waals surface area contributed by atoms with Crippen LogP contribution in [0.5, 0.6) is 0 Å². The second kappa shape index (κ2) is 8.37. The molecule has 1 N–H and O–H groups in total. The van der Waals surface area contributed by atoms with Crippen LogP contribution >= 0.6 is 0 Å². The van der Waals surface area contributed by atoms with Gasteiger partial charge in [0, 0.05) is 6.07 Å². The van der Waals surface area contributed by atoms with Crippen LogP contribution in [0.4, 0.5) is 22.0 Å². The average molecular weight is 449 g/mol. The molecule has 1 atom stereocenters. The van der Waals surface area contributed by atoms with Crippen molar-refractivity contribution in [1.29, 1.82) is 0 Å². The van der Waals surface area contributed by atoms with E-state index >= 15 is 0 Å². The number of hydrogen-bond acceptors (Lipinski definition) is 2. The van der Waals surface area contributed by atoms with Gasteiger partial charge in [0.2, 0.25) is 5.91 Å². The van der Waals surface area contributed by atoms with Crippen molar-refractivity contribution in [3.63, 3.8) is 0 Å². The molecule has 4 rings (SSSR count). The van der Waals surface area contributed by atoms with Crippen LogP contribution in [0.25, 0.3) is 5.69 Å². The van der Waals surface area contributed by atoms with Crippen LogP contribution in [-0.4, -0.2) is 15.7 Å². The Labute approximate surface area is 181 Å². The van der Waals surface area contributed by atoms with Gasteiger partial charge >= 0.3 is 6.18 Å². The number of carbonyl (C=O) groups excluding carboxylic acids is 1. The Kier molecular flexibility index (Phi) is 5.75. The molecule has 9 heteroatoms. The first-order chi connectivity index (χ1) is 15.1. The minimum absolute atomic E-state index is 0.0159. The maximum Gasteiger partial charge on any atom is 0.435 e. The summed E-state index contributed by atoms with van der Waals surface area (Å²) in [6, 6.07) is 9.35. The number of nitrogens with zero attached hydrogens (tertiary/aromatic N) is 2. The monoisotopic (exact) mass is 449 g/mol. The summed E-state index contributed by atoms with van der Waals surface area (Å²) in [5.41, 5.74) is 2.02. The minimum atomic E-state index is -4.74. The summed E-state index contributed by atoms with van der Waals surface area (Å²) in [7, 11) is 0. The number of amides is 1. The van der Waals surface area contributed by atoms with Gasteiger partial charge in [0.15, 0.2) is 17.3 Å². The SMILES string of the molecule is CC(C(=O)NCc1cc(C(F)(F)F)nn1-c1ccc(F)c(F)c1)c1ccc2c(c1)CCC2. The number of rotatable bonds is 5. The predicted octanol–water partition coefficient (Wildman–Crippen LogP) is 5.08. The molecule has 0 saturated heterocycles. The molecule has 1 aromatic heterocycles. The third kappa shape index (κ3) is 4.37. The van der Waals surface area contributed by atoms with Crippen LogP contribution in [0.3, 0.4) is 0 Å². The normalized spacial score (nSPS) is 14.3. The molecule has 0 saturated carbocycles. The van der Waals surface area contributed by atoms with E-state index in [1.165, 1.54) is 11.1 Å². The first kappa shape index (κ1) is 22.0. The Balaban J connectivity index is 1.56. The first-order valence-electron chi connectivity index (χ1n) is 10.1. The number of hydrogen-bond donors (Lipinski definition) is 1. The van der Waals surface area contributed by atoms with Crippen LogP contribution < -0.4 is 5.32 Å². The van der Waals surface area contributed by atoms with E-state index in [-0.39, 0.29) is 23.8 Å². The molecule has 1 unspecified atom stereocenters. The lowest BCUT2D eigenvalue weighted by Gasteiger charge is -2.15. The molecule has 1 amide bonds. The van der Waals surface area contributed by atoms with E-state index in [4.69, 9.17) is 0 Å². The van der Waals surface area contributed by atoms with Crippen LogP contribution in [0.2, 0.25) is 0 Å². The van der Waals surface area contributed by atoms with Gasteiger partial charge in [-0.2, -0.15) is 18.3 Å². The predicted molar refractivity (Wildman–Crippen MR) is 107 cm³/mol. The second-order valence-corrected chi connectivity index (χ2v) is 7.85. The number of fused-ring (bicyclic) bond motifs is 1. The van der Waals surface area contributed by atoms with Gasteiger partial charge in [-0.15, -0.1) is 0 Å². The highest BCUT2D eigenvalue weighted by atomic mass is 19.4. The number of nitrogens with one attached hydrogen (secondary N) is 1. The third-order valence-corrected chi connectivity index (χ3v) is 5.68. The molecule has 0 radical (unpaired) electrons. The number of carbonyl (C=O) groups is 1. The maximum atomic E-state index is 13.6. The van der Waals surface area contributed by atoms with Crippen LogP contribution in [0, 0.1) is 11.6 Å². The molecule has 4 nitrogen and oxygen atoms in total. The smallest absolute Gasteiger partial charge is 0.350 e. The Hall–Kier alpha value is -3.23. The highest BCUT2D eigenvalue weighted by Crippen LogP contribution is 2.30. The van der Waals surface area contributed by atoms with Gasteiger partial charge in [0.25, 0.3) is 0 Å². The van der Waals surface area contributed by atoms with Crippen molar-refractivity contribution in [2.75, 3.05) is 0 Å². The molecule has 168 valence electrons. The van der Waals surface area contributed by atoms with Gasteiger partial charge in [-0.1, -0.05) is 18.2 Å². The quantitative estimate of drug-likeness (QED) is 0.553. The summed E-state index contributed by atoms with van der Waals surface area (Å²) in [6.07, 6.45) is -1.67. The lowest BCUT2D eigenvalue weighted by Crippen LogP contribution is -2.28. The molecule has 0 fully saturated rings. The van der Waals surface area contributed by atoms with E-state index in [0.717, 1.165) is 53.8 Å². The summed E-state index contributed by atoms with van der Waals surface area (Å²) in [5, 5.41) is 6.12. The van der Waals surface area contributed by atoms with Crippen LogP contribution in [-0.2, 0) is 30.4 Å². The van der Waals surface area contributed by atoms with Crippen molar-refractivity contribution in [2.45, 2.75) is 44.8 Å². The fraction of sp³-hybridized carbons (Fsp3) is 0.304. The lowest BCUT2D eigenvalue weighted by molar-refractivity contribution is -0.141. The van der Waals surface area contributed by atoms with Crippen LogP contribution in [0.15, 0.2) is 42.5 Å². The lowest BCUT2D eigenvalue weighted by atomic mass is 9.96. The number of benzene rings is 2. The Morgan fingerprint density at radius 3 is 2.53 bits per heavy atom. The van der Waals surface area contributed by atoms with Crippen molar-refractivity contribution in [2.24, 2.45) is 0 Å². The van der Waals surface area contributed by atoms with E-state index < -0.39 is 29.4 Å². The highest BCUT2D eigenvalue weighted by Gasteiger charge is 2.35. The molecule has 0 spiro atoms. The Morgan fingerprint density at radius 2 is 1.81 bits per heavy atom. The van der Waals surface area contributed by atoms with Gasteiger partial charge in [-0.3, -0.25) is 4.79 Å². The number of aryl methyl sites for hydroxylation is 2. The van der Waals surface area contributed by atoms with Crippen molar-refractivity contribution < 1.29 is 26.7 Å². The van der Waals surface area contributed by atoms with Crippen LogP contribution in [0.1, 0.15) is 47.3 Å². The largest absolute Gasteiger partial charge is 0.435 e. The summed E-state index contributed by atoms with van der Waals surface area (Å²) in [4.78, 5) is 12.7. The molecule has 2 aromatic carbocycles. The molecule has 0 aliphatic heterocycles. The fourth-order valence-electron chi connectivity index (χ4n) is 3.87. The third-order valence-electron chi connectivity index (χ3n) is 5.68. The highest BCUT2D eigenvalue weighted by molar-refractivity contribution is 5.83. The van der Waals surface area contributed by atoms with Gasteiger partial charge in [0.05, 0.1) is 23.8 Å². The topological polar surface area (TPSA) is 46.9 Å². The standard InChI is InChI=1S/C23H20F5N3O/c1-13(15-6-5-14-3-2-4-16(14)9-15)22(32)29-12-18-11-21(23(26,27)28)30-31(18)17-7-8-19(24)20(25)10-17/h5-11,13H,2-4,12H2,1H3,(H,29,32). The zero-order chi connectivity index (χ0) is 23.0. The van der Waals surface area contributed by atoms with E-state index in [9.17, 15) is 26.7 Å². The first-order valence-corrected chi connectivity index (χ1v) is 10.1. The van der Waals surface area contributed by atoms with E-state index in [1.54, 1.807) is 6.92 Å². The van der Waals surface area contributed by atoms with Gasteiger partial charge in [0.1, 0.15) is 0 Å². The molecule has 1 heterocycles. The van der Waals surface area contributed by atoms with E-state index in [0.29, 0.717) is 0 Å². The van der Waals surface area contributed by atoms with Gasteiger partial charge < -0.3 is 5.32 Å². The number of halogens is 5.